The lowest BCUT2D eigenvalue weighted by atomic mass is 9.38. The average Bonchev–Trinajstić information content (AvgIpc) is 3.21. The summed E-state index contributed by atoms with van der Waals surface area (Å²) in [5.74, 6) is 0.223. The average molecular weight is 1130 g/mol. The molecule has 7 fully saturated rings. The Labute approximate surface area is 455 Å². The first kappa shape index (κ1) is 62.8. The van der Waals surface area contributed by atoms with Crippen molar-refractivity contribution in [3.05, 3.63) is 11.6 Å². The zero-order valence-electron chi connectivity index (χ0n) is 46.1. The van der Waals surface area contributed by atoms with E-state index in [0.717, 1.165) is 18.4 Å². The number of aliphatic hydroxyl groups is 16. The lowest BCUT2D eigenvalue weighted by Crippen LogP contribution is -2.65. The van der Waals surface area contributed by atoms with E-state index in [4.69, 9.17) is 37.9 Å². The highest BCUT2D eigenvalue weighted by Crippen LogP contribution is 2.75. The van der Waals surface area contributed by atoms with E-state index in [9.17, 15) is 81.7 Å². The van der Waals surface area contributed by atoms with Crippen LogP contribution in [0.4, 0.5) is 0 Å². The minimum atomic E-state index is -1.93. The van der Waals surface area contributed by atoms with Crippen molar-refractivity contribution in [3.8, 4) is 0 Å². The fourth-order valence-corrected chi connectivity index (χ4v) is 15.6. The van der Waals surface area contributed by atoms with Gasteiger partial charge >= 0.3 is 0 Å². The van der Waals surface area contributed by atoms with Crippen LogP contribution >= 0.6 is 0 Å². The van der Waals surface area contributed by atoms with Gasteiger partial charge in [0.05, 0.1) is 50.3 Å². The summed E-state index contributed by atoms with van der Waals surface area (Å²) in [7, 11) is 0. The zero-order valence-corrected chi connectivity index (χ0v) is 46.1. The van der Waals surface area contributed by atoms with Crippen molar-refractivity contribution in [3.63, 3.8) is 0 Å². The summed E-state index contributed by atoms with van der Waals surface area (Å²) in [6, 6.07) is 0. The van der Waals surface area contributed by atoms with Crippen LogP contribution in [-0.4, -0.2) is 255 Å². The second-order valence-corrected chi connectivity index (χ2v) is 25.9. The second-order valence-electron chi connectivity index (χ2n) is 25.9. The molecular formula is C54H92O24. The molecule has 8 aliphatic rings. The van der Waals surface area contributed by atoms with Gasteiger partial charge in [-0.1, -0.05) is 53.2 Å². The van der Waals surface area contributed by atoms with Crippen molar-refractivity contribution < 1.29 is 120 Å². The van der Waals surface area contributed by atoms with Gasteiger partial charge in [0.15, 0.2) is 25.2 Å². The summed E-state index contributed by atoms with van der Waals surface area (Å²) in [4.78, 5) is 0. The summed E-state index contributed by atoms with van der Waals surface area (Å²) in [5, 5.41) is 172. The van der Waals surface area contributed by atoms with Crippen LogP contribution in [0.2, 0.25) is 0 Å². The van der Waals surface area contributed by atoms with E-state index in [1.165, 1.54) is 13.8 Å². The van der Waals surface area contributed by atoms with Crippen molar-refractivity contribution in [1.82, 2.24) is 0 Å². The molecule has 4 heterocycles. The van der Waals surface area contributed by atoms with Gasteiger partial charge < -0.3 is 120 Å². The fraction of sp³-hybridized carbons (Fsp3) is 0.963. The van der Waals surface area contributed by atoms with E-state index < -0.39 is 184 Å². The maximum absolute atomic E-state index is 12.7. The molecule has 16 N–H and O–H groups in total. The molecule has 452 valence electrons. The Bertz CT molecular complexity index is 2020. The van der Waals surface area contributed by atoms with E-state index in [2.05, 4.69) is 47.6 Å². The van der Waals surface area contributed by atoms with Crippen molar-refractivity contribution in [1.29, 1.82) is 0 Å². The van der Waals surface area contributed by atoms with Crippen molar-refractivity contribution >= 4 is 0 Å². The lowest BCUT2D eigenvalue weighted by molar-refractivity contribution is -0.380. The summed E-state index contributed by atoms with van der Waals surface area (Å²) >= 11 is 0. The van der Waals surface area contributed by atoms with Crippen LogP contribution in [0, 0.1) is 45.3 Å². The van der Waals surface area contributed by atoms with Gasteiger partial charge in [-0.25, -0.2) is 0 Å². The van der Waals surface area contributed by atoms with Crippen LogP contribution in [-0.2, 0) is 37.9 Å². The molecule has 3 saturated carbocycles. The van der Waals surface area contributed by atoms with Crippen LogP contribution in [0.25, 0.3) is 0 Å². The topological polar surface area (TPSA) is 398 Å². The van der Waals surface area contributed by atoms with Crippen LogP contribution in [0.5, 0.6) is 0 Å². The van der Waals surface area contributed by atoms with E-state index in [1.54, 1.807) is 0 Å². The van der Waals surface area contributed by atoms with Gasteiger partial charge in [0.2, 0.25) is 0 Å². The predicted octanol–water partition coefficient (Wildman–Crippen LogP) is -3.23. The molecule has 0 aromatic rings. The van der Waals surface area contributed by atoms with Gasteiger partial charge in [-0.2, -0.15) is 0 Å². The number of allylic oxidation sites excluding steroid dienone is 1. The Balaban J connectivity index is 0.987. The normalized spacial score (nSPS) is 51.4. The molecule has 0 spiro atoms. The highest BCUT2D eigenvalue weighted by molar-refractivity contribution is 5.32. The van der Waals surface area contributed by atoms with Crippen molar-refractivity contribution in [2.24, 2.45) is 45.3 Å². The van der Waals surface area contributed by atoms with Crippen molar-refractivity contribution in [2.45, 2.75) is 253 Å². The highest BCUT2D eigenvalue weighted by Gasteiger charge is 2.70. The monoisotopic (exact) mass is 1120 g/mol. The maximum atomic E-state index is 12.7. The zero-order chi connectivity index (χ0) is 57.5. The van der Waals surface area contributed by atoms with Crippen LogP contribution in [0.3, 0.4) is 0 Å². The maximum Gasteiger partial charge on any atom is 0.187 e. The van der Waals surface area contributed by atoms with E-state index >= 15 is 0 Å². The predicted molar refractivity (Wildman–Crippen MR) is 268 cm³/mol. The number of ether oxygens (including phenoxy) is 8. The second kappa shape index (κ2) is 23.7. The number of aliphatic hydroxyl groups excluding tert-OH is 15. The first-order valence-electron chi connectivity index (χ1n) is 28.0. The Morgan fingerprint density at radius 1 is 0.590 bits per heavy atom. The summed E-state index contributed by atoms with van der Waals surface area (Å²) in [5.41, 5.74) is -2.07. The van der Waals surface area contributed by atoms with E-state index in [-0.39, 0.29) is 40.9 Å². The largest absolute Gasteiger partial charge is 0.394 e. The molecule has 78 heavy (non-hydrogen) atoms. The molecule has 0 aromatic heterocycles. The van der Waals surface area contributed by atoms with Gasteiger partial charge in [0.1, 0.15) is 97.7 Å². The third-order valence-electron chi connectivity index (χ3n) is 20.8. The van der Waals surface area contributed by atoms with Crippen LogP contribution in [0.1, 0.15) is 107 Å². The van der Waals surface area contributed by atoms with Gasteiger partial charge in [-0.3, -0.25) is 0 Å². The molecule has 24 heteroatoms. The minimum Gasteiger partial charge on any atom is -0.394 e. The molecular weight excluding hydrogens is 1030 g/mol. The lowest BCUT2D eigenvalue weighted by Gasteiger charge is -2.67. The van der Waals surface area contributed by atoms with Crippen molar-refractivity contribution in [2.75, 3.05) is 26.4 Å². The van der Waals surface area contributed by atoms with Gasteiger partial charge in [0, 0.05) is 10.8 Å². The number of rotatable bonds is 17. The minimum absolute atomic E-state index is 0.00555. The quantitative estimate of drug-likeness (QED) is 0.0637. The summed E-state index contributed by atoms with van der Waals surface area (Å²) in [6.45, 7) is 13.5. The Hall–Kier alpha value is -1.22. The fourth-order valence-electron chi connectivity index (χ4n) is 15.6. The van der Waals surface area contributed by atoms with E-state index in [0.29, 0.717) is 32.1 Å². The van der Waals surface area contributed by atoms with Gasteiger partial charge in [0.25, 0.3) is 0 Å². The molecule has 0 bridgehead atoms. The van der Waals surface area contributed by atoms with Crippen LogP contribution < -0.4 is 0 Å². The third kappa shape index (κ3) is 11.0. The number of fused-ring (bicyclic) bond motifs is 5. The molecule has 0 aromatic carbocycles. The SMILES string of the molecule is C[C@H](CC[C@@H](O[C@@H]1O[C@H](CO[C@H]2O[C@H](CO)[C@@H](O)[C@H](O)C2O)[C@@H](O)[C@H](O)[C@H]1O[C@H]1O[C@@H](CO)[C@H](O)[C@@H](O)[C@@H]1O)C(C)(C)O)C1CC[C@@]2(C)C3CC=C4C(CC[C@H](O[C@@H]5O[C@H](CO)[C@@H](O)[C@H](O)[C@H]5O)C4(C)C)[C@]3(C)[C@H](O)C[C@]12C. The molecule has 4 saturated heterocycles. The molecule has 8 rings (SSSR count). The first-order chi connectivity index (χ1) is 36.4. The molecule has 0 radical (unpaired) electrons. The summed E-state index contributed by atoms with van der Waals surface area (Å²) < 4.78 is 47.7. The number of hydrogen-bond donors (Lipinski definition) is 16. The molecule has 24 nitrogen and oxygen atoms in total. The molecule has 30 atom stereocenters. The smallest absolute Gasteiger partial charge is 0.187 e. The van der Waals surface area contributed by atoms with E-state index in [1.807, 2.05) is 0 Å². The molecule has 4 unspecified atom stereocenters. The Kier molecular flexibility index (Phi) is 19.1. The van der Waals surface area contributed by atoms with Gasteiger partial charge in [-0.05, 0) is 99.7 Å². The van der Waals surface area contributed by atoms with Crippen LogP contribution in [0.15, 0.2) is 11.6 Å². The molecule has 0 amide bonds. The molecule has 4 aliphatic carbocycles. The van der Waals surface area contributed by atoms with Gasteiger partial charge in [-0.15, -0.1) is 0 Å². The Morgan fingerprint density at radius 2 is 1.09 bits per heavy atom. The highest BCUT2D eigenvalue weighted by atomic mass is 16.8. The summed E-state index contributed by atoms with van der Waals surface area (Å²) in [6.07, 6.45) is -27.6. The first-order valence-corrected chi connectivity index (χ1v) is 28.0. The number of hydrogen-bond acceptors (Lipinski definition) is 24. The molecule has 4 aliphatic heterocycles. The standard InChI is InChI=1S/C54H92O24/c1-22(23-15-16-52(6)30-12-10-24-25(54(30,8)31(58)17-53(23,52)7)11-14-32(50(24,2)3)76-47-43(68)39(64)35(60)27(19-56)73-47)9-13-33(51(4,5)70)77-49-45(78-48-44(69)40(65)36(61)28(20-57)74-48)41(66)37(62)29(75-49)21-71-46-42(67)38(63)34(59)26(18-55)72-46/h10,22-23,25-49,55-70H,9,11-21H2,1-8H3/t22-,23?,25?,26-,27-,28+,29-,30?,31-,32+,33-,34-,35-,36+,37-,38+,39+,40-,41+,42?,43-,44+,45-,46+,47+,48-,49+,52+,53-,54+/m1/s1. The Morgan fingerprint density at radius 3 is 1.63 bits per heavy atom. The third-order valence-corrected chi connectivity index (χ3v) is 20.8.